The first-order chi connectivity index (χ1) is 9.94. The molecule has 0 aliphatic rings. The van der Waals surface area contributed by atoms with E-state index in [1.165, 1.54) is 12.3 Å². The summed E-state index contributed by atoms with van der Waals surface area (Å²) in [5.74, 6) is 0.548. The SMILES string of the molecule is CCNCc1cc(S(=O)(=O)Nc2cnccc2C)c(Br)o1. The van der Waals surface area contributed by atoms with E-state index in [0.29, 0.717) is 18.0 Å². The standard InChI is InChI=1S/C13H16BrN3O3S/c1-3-15-7-10-6-12(13(14)20-10)21(18,19)17-11-8-16-5-4-9(11)2/h4-6,8,15,17H,3,7H2,1-2H3. The van der Waals surface area contributed by atoms with Gasteiger partial charge < -0.3 is 9.73 Å². The average Bonchev–Trinajstić information content (AvgIpc) is 2.81. The van der Waals surface area contributed by atoms with Crippen molar-refractivity contribution in [3.8, 4) is 0 Å². The third-order valence-corrected chi connectivity index (χ3v) is 5.05. The van der Waals surface area contributed by atoms with E-state index in [0.717, 1.165) is 12.1 Å². The van der Waals surface area contributed by atoms with Gasteiger partial charge in [0.1, 0.15) is 10.7 Å². The van der Waals surface area contributed by atoms with Crippen molar-refractivity contribution in [1.29, 1.82) is 0 Å². The first-order valence-corrected chi connectivity index (χ1v) is 8.64. The molecule has 114 valence electrons. The van der Waals surface area contributed by atoms with Crippen LogP contribution in [0.3, 0.4) is 0 Å². The zero-order chi connectivity index (χ0) is 15.5. The molecular weight excluding hydrogens is 358 g/mol. The first-order valence-electron chi connectivity index (χ1n) is 6.36. The second kappa shape index (κ2) is 6.59. The van der Waals surface area contributed by atoms with Crippen LogP contribution in [0.1, 0.15) is 18.2 Å². The normalized spacial score (nSPS) is 11.6. The highest BCUT2D eigenvalue weighted by Crippen LogP contribution is 2.28. The van der Waals surface area contributed by atoms with Crippen LogP contribution in [0, 0.1) is 6.92 Å². The molecule has 2 N–H and O–H groups in total. The number of aryl methyl sites for hydroxylation is 1. The molecule has 0 spiro atoms. The van der Waals surface area contributed by atoms with E-state index in [2.05, 4.69) is 31.0 Å². The van der Waals surface area contributed by atoms with Crippen molar-refractivity contribution in [2.75, 3.05) is 11.3 Å². The Morgan fingerprint density at radius 1 is 1.43 bits per heavy atom. The molecule has 8 heteroatoms. The summed E-state index contributed by atoms with van der Waals surface area (Å²) < 4.78 is 32.9. The summed E-state index contributed by atoms with van der Waals surface area (Å²) in [7, 11) is -3.73. The van der Waals surface area contributed by atoms with E-state index in [9.17, 15) is 8.42 Å². The van der Waals surface area contributed by atoms with Crippen molar-refractivity contribution >= 4 is 31.6 Å². The number of nitrogens with zero attached hydrogens (tertiary/aromatic N) is 1. The monoisotopic (exact) mass is 373 g/mol. The Labute approximate surface area is 132 Å². The van der Waals surface area contributed by atoms with Gasteiger partial charge in [0.15, 0.2) is 4.67 Å². The zero-order valence-electron chi connectivity index (χ0n) is 11.7. The van der Waals surface area contributed by atoms with E-state index >= 15 is 0 Å². The lowest BCUT2D eigenvalue weighted by Gasteiger charge is -2.08. The second-order valence-electron chi connectivity index (χ2n) is 4.43. The Hall–Kier alpha value is -1.38. The van der Waals surface area contributed by atoms with Crippen LogP contribution in [0.15, 0.2) is 38.5 Å². The number of anilines is 1. The lowest BCUT2D eigenvalue weighted by atomic mass is 10.3. The second-order valence-corrected chi connectivity index (χ2v) is 6.80. The maximum Gasteiger partial charge on any atom is 0.266 e. The van der Waals surface area contributed by atoms with Crippen molar-refractivity contribution < 1.29 is 12.8 Å². The molecule has 2 heterocycles. The van der Waals surface area contributed by atoms with Crippen LogP contribution in [-0.2, 0) is 16.6 Å². The average molecular weight is 374 g/mol. The molecule has 21 heavy (non-hydrogen) atoms. The van der Waals surface area contributed by atoms with Crippen LogP contribution >= 0.6 is 15.9 Å². The highest BCUT2D eigenvalue weighted by Gasteiger charge is 2.23. The van der Waals surface area contributed by atoms with Gasteiger partial charge in [0, 0.05) is 12.3 Å². The van der Waals surface area contributed by atoms with Gasteiger partial charge in [-0.15, -0.1) is 0 Å². The van der Waals surface area contributed by atoms with Gasteiger partial charge in [0.2, 0.25) is 0 Å². The quantitative estimate of drug-likeness (QED) is 0.812. The van der Waals surface area contributed by atoms with Crippen molar-refractivity contribution in [3.05, 3.63) is 40.5 Å². The number of hydrogen-bond acceptors (Lipinski definition) is 5. The lowest BCUT2D eigenvalue weighted by molar-refractivity contribution is 0.464. The molecule has 0 atom stereocenters. The molecule has 2 rings (SSSR count). The van der Waals surface area contributed by atoms with Crippen LogP contribution in [0.2, 0.25) is 0 Å². The molecule has 0 bridgehead atoms. The third kappa shape index (κ3) is 3.84. The Kier molecular flexibility index (Phi) is 5.02. The van der Waals surface area contributed by atoms with Gasteiger partial charge in [-0.2, -0.15) is 0 Å². The fourth-order valence-electron chi connectivity index (χ4n) is 1.69. The van der Waals surface area contributed by atoms with Gasteiger partial charge in [-0.1, -0.05) is 6.92 Å². The molecule has 0 saturated carbocycles. The van der Waals surface area contributed by atoms with Crippen molar-refractivity contribution in [3.63, 3.8) is 0 Å². The van der Waals surface area contributed by atoms with Gasteiger partial charge >= 0.3 is 0 Å². The van der Waals surface area contributed by atoms with Crippen molar-refractivity contribution in [2.24, 2.45) is 0 Å². The number of aromatic nitrogens is 1. The minimum absolute atomic E-state index is 0.0682. The fourth-order valence-corrected chi connectivity index (χ4v) is 3.80. The van der Waals surface area contributed by atoms with Gasteiger partial charge in [0.05, 0.1) is 18.4 Å². The van der Waals surface area contributed by atoms with E-state index in [1.807, 2.05) is 6.92 Å². The maximum absolute atomic E-state index is 12.4. The number of hydrogen-bond donors (Lipinski definition) is 2. The predicted molar refractivity (Wildman–Crippen MR) is 83.6 cm³/mol. The maximum atomic E-state index is 12.4. The zero-order valence-corrected chi connectivity index (χ0v) is 14.1. The molecule has 0 unspecified atom stereocenters. The smallest absolute Gasteiger partial charge is 0.266 e. The number of furan rings is 1. The van der Waals surface area contributed by atoms with E-state index in [-0.39, 0.29) is 9.56 Å². The van der Waals surface area contributed by atoms with Crippen LogP contribution in [-0.4, -0.2) is 19.9 Å². The summed E-state index contributed by atoms with van der Waals surface area (Å²) in [6.45, 7) is 5.01. The summed E-state index contributed by atoms with van der Waals surface area (Å²) in [5.41, 5.74) is 1.24. The number of nitrogens with one attached hydrogen (secondary N) is 2. The summed E-state index contributed by atoms with van der Waals surface area (Å²) in [6, 6.07) is 3.24. The number of rotatable bonds is 6. The Morgan fingerprint density at radius 2 is 2.19 bits per heavy atom. The minimum Gasteiger partial charge on any atom is -0.451 e. The molecule has 0 aliphatic carbocycles. The highest BCUT2D eigenvalue weighted by atomic mass is 79.9. The van der Waals surface area contributed by atoms with Gasteiger partial charge in [-0.3, -0.25) is 9.71 Å². The predicted octanol–water partition coefficient (Wildman–Crippen LogP) is 2.66. The lowest BCUT2D eigenvalue weighted by Crippen LogP contribution is -2.14. The molecule has 0 saturated heterocycles. The molecule has 0 aliphatic heterocycles. The summed E-state index contributed by atoms with van der Waals surface area (Å²) in [5, 5.41) is 3.08. The van der Waals surface area contributed by atoms with Crippen LogP contribution in [0.25, 0.3) is 0 Å². The van der Waals surface area contributed by atoms with Crippen LogP contribution in [0.5, 0.6) is 0 Å². The van der Waals surface area contributed by atoms with E-state index < -0.39 is 10.0 Å². The number of halogens is 1. The van der Waals surface area contributed by atoms with Gasteiger partial charge in [-0.05, 0) is 41.0 Å². The molecule has 6 nitrogen and oxygen atoms in total. The molecule has 2 aromatic rings. The van der Waals surface area contributed by atoms with E-state index in [4.69, 9.17) is 4.42 Å². The number of sulfonamides is 1. The third-order valence-electron chi connectivity index (χ3n) is 2.83. The molecular formula is C13H16BrN3O3S. The molecule has 0 fully saturated rings. The van der Waals surface area contributed by atoms with Crippen LogP contribution < -0.4 is 10.0 Å². The van der Waals surface area contributed by atoms with Crippen LogP contribution in [0.4, 0.5) is 5.69 Å². The topological polar surface area (TPSA) is 84.2 Å². The van der Waals surface area contributed by atoms with Gasteiger partial charge in [0.25, 0.3) is 10.0 Å². The summed E-state index contributed by atoms with van der Waals surface area (Å²) >= 11 is 3.15. The van der Waals surface area contributed by atoms with Crippen molar-refractivity contribution in [1.82, 2.24) is 10.3 Å². The fraction of sp³-hybridized carbons (Fsp3) is 0.308. The summed E-state index contributed by atoms with van der Waals surface area (Å²) in [4.78, 5) is 3.99. The first kappa shape index (κ1) is 16.0. The summed E-state index contributed by atoms with van der Waals surface area (Å²) in [6.07, 6.45) is 3.08. The molecule has 0 aromatic carbocycles. The Morgan fingerprint density at radius 3 is 2.86 bits per heavy atom. The highest BCUT2D eigenvalue weighted by molar-refractivity contribution is 9.10. The van der Waals surface area contributed by atoms with Crippen molar-refractivity contribution in [2.45, 2.75) is 25.3 Å². The van der Waals surface area contributed by atoms with Gasteiger partial charge in [-0.25, -0.2) is 8.42 Å². The minimum atomic E-state index is -3.73. The Bertz CT molecular complexity index is 728. The molecule has 2 aromatic heterocycles. The molecule has 0 radical (unpaired) electrons. The molecule has 0 amide bonds. The Balaban J connectivity index is 2.27. The van der Waals surface area contributed by atoms with E-state index in [1.54, 1.807) is 19.2 Å². The number of pyridine rings is 1. The largest absolute Gasteiger partial charge is 0.451 e.